The Morgan fingerprint density at radius 3 is 2.06 bits per heavy atom. The lowest BCUT2D eigenvalue weighted by Crippen LogP contribution is -2.55. The van der Waals surface area contributed by atoms with Gasteiger partial charge in [-0.05, 0) is 67.1 Å². The van der Waals surface area contributed by atoms with Gasteiger partial charge >= 0.3 is 6.03 Å². The number of amides is 5. The number of benzene rings is 3. The van der Waals surface area contributed by atoms with Crippen LogP contribution in [0.5, 0.6) is 11.5 Å². The summed E-state index contributed by atoms with van der Waals surface area (Å²) in [6.07, 6.45) is -0.435. The maximum absolute atomic E-state index is 14.1. The first-order valence-electron chi connectivity index (χ1n) is 17.3. The highest BCUT2D eigenvalue weighted by molar-refractivity contribution is 6.19. The minimum absolute atomic E-state index is 0.0260. The number of hydrogen-bond donors (Lipinski definition) is 2. The lowest BCUT2D eigenvalue weighted by Gasteiger charge is -2.30. The van der Waals surface area contributed by atoms with Gasteiger partial charge in [0.15, 0.2) is 17.9 Å². The van der Waals surface area contributed by atoms with Crippen LogP contribution in [0.2, 0.25) is 0 Å². The van der Waals surface area contributed by atoms with E-state index in [0.29, 0.717) is 17.9 Å². The van der Waals surface area contributed by atoms with E-state index in [0.717, 1.165) is 16.0 Å². The smallest absolute Gasteiger partial charge is 0.328 e. The molecule has 11 nitrogen and oxygen atoms in total. The summed E-state index contributed by atoms with van der Waals surface area (Å²) in [5.74, 6) is -1.77. The Hall–Kier alpha value is -5.19. The van der Waals surface area contributed by atoms with Crippen LogP contribution < -0.4 is 20.1 Å². The predicted molar refractivity (Wildman–Crippen MR) is 197 cm³/mol. The first-order chi connectivity index (χ1) is 23.9. The van der Waals surface area contributed by atoms with E-state index in [4.69, 9.17) is 9.47 Å². The van der Waals surface area contributed by atoms with Crippen LogP contribution in [0.4, 0.5) is 16.2 Å². The molecule has 1 heterocycles. The largest absolute Gasteiger partial charge is 0.489 e. The lowest BCUT2D eigenvalue weighted by atomic mass is 9.85. The minimum atomic E-state index is -1.75. The Labute approximate surface area is 300 Å². The first-order valence-corrected chi connectivity index (χ1v) is 17.3. The number of rotatable bonds is 13. The number of carbonyl (C=O) groups is 5. The van der Waals surface area contributed by atoms with Crippen molar-refractivity contribution >= 4 is 40.9 Å². The van der Waals surface area contributed by atoms with E-state index in [1.54, 1.807) is 39.8 Å². The lowest BCUT2D eigenvalue weighted by molar-refractivity contribution is -0.143. The number of urea groups is 1. The van der Waals surface area contributed by atoms with Crippen molar-refractivity contribution in [3.05, 3.63) is 83.9 Å². The van der Waals surface area contributed by atoms with E-state index >= 15 is 0 Å². The number of imide groups is 1. The molecule has 51 heavy (non-hydrogen) atoms. The van der Waals surface area contributed by atoms with Gasteiger partial charge in [0.2, 0.25) is 0 Å². The Kier molecular flexibility index (Phi) is 12.0. The van der Waals surface area contributed by atoms with Gasteiger partial charge in [-0.2, -0.15) is 0 Å². The number of ether oxygens (including phenoxy) is 2. The van der Waals surface area contributed by atoms with Crippen molar-refractivity contribution in [1.29, 1.82) is 0 Å². The second kappa shape index (κ2) is 15.8. The zero-order valence-electron chi connectivity index (χ0n) is 31.0. The topological polar surface area (TPSA) is 134 Å². The molecule has 0 spiro atoms. The summed E-state index contributed by atoms with van der Waals surface area (Å²) in [6.45, 7) is 16.5. The molecular weight excluding hydrogens is 648 g/mol. The molecule has 0 radical (unpaired) electrons. The molecule has 3 aromatic rings. The number of carbonyl (C=O) groups excluding carboxylic acids is 5. The number of anilines is 2. The fourth-order valence-electron chi connectivity index (χ4n) is 5.36. The monoisotopic (exact) mass is 698 g/mol. The van der Waals surface area contributed by atoms with Crippen LogP contribution in [0, 0.1) is 5.41 Å². The van der Waals surface area contributed by atoms with Crippen molar-refractivity contribution in [3.8, 4) is 11.5 Å². The molecule has 0 aliphatic carbocycles. The first kappa shape index (κ1) is 38.6. The molecule has 272 valence electrons. The normalized spacial score (nSPS) is 15.2. The quantitative estimate of drug-likeness (QED) is 0.146. The molecule has 3 aromatic carbocycles. The van der Waals surface area contributed by atoms with Gasteiger partial charge in [0, 0.05) is 17.6 Å². The predicted octanol–water partition coefficient (Wildman–Crippen LogP) is 6.95. The molecule has 3 atom stereocenters. The summed E-state index contributed by atoms with van der Waals surface area (Å²) >= 11 is 0. The SMILES string of the molecule is CCC(C)Oc1ccc(NC(=O)C(C)Oc2ccc(C(C)(C)C)cc2)cc1NC(=O)C(C(=O)C(C)(C)C)N1C(=O)CN(Cc2ccccc2)C1=O. The van der Waals surface area contributed by atoms with Crippen molar-refractivity contribution in [1.82, 2.24) is 9.80 Å². The van der Waals surface area contributed by atoms with Crippen LogP contribution in [0.3, 0.4) is 0 Å². The van der Waals surface area contributed by atoms with E-state index in [2.05, 4.69) is 31.4 Å². The van der Waals surface area contributed by atoms with Gasteiger partial charge in [-0.1, -0.05) is 90.9 Å². The molecular formula is C40H50N4O7. The van der Waals surface area contributed by atoms with Gasteiger partial charge in [0.05, 0.1) is 11.8 Å². The molecule has 0 saturated carbocycles. The van der Waals surface area contributed by atoms with Gasteiger partial charge in [-0.15, -0.1) is 0 Å². The summed E-state index contributed by atoms with van der Waals surface area (Å²) in [6, 6.07) is 19.0. The summed E-state index contributed by atoms with van der Waals surface area (Å²) in [5.41, 5.74) is 1.30. The highest BCUT2D eigenvalue weighted by Crippen LogP contribution is 2.32. The van der Waals surface area contributed by atoms with E-state index < -0.39 is 47.1 Å². The minimum Gasteiger partial charge on any atom is -0.489 e. The number of hydrogen-bond acceptors (Lipinski definition) is 7. The average Bonchev–Trinajstić information content (AvgIpc) is 3.33. The second-order valence-corrected chi connectivity index (χ2v) is 15.0. The third kappa shape index (κ3) is 9.74. The Morgan fingerprint density at radius 1 is 0.824 bits per heavy atom. The molecule has 0 aromatic heterocycles. The van der Waals surface area contributed by atoms with Gasteiger partial charge in [-0.3, -0.25) is 19.2 Å². The van der Waals surface area contributed by atoms with E-state index in [9.17, 15) is 24.0 Å². The van der Waals surface area contributed by atoms with Crippen LogP contribution >= 0.6 is 0 Å². The second-order valence-electron chi connectivity index (χ2n) is 15.0. The molecule has 1 aliphatic rings. The van der Waals surface area contributed by atoms with Crippen molar-refractivity contribution in [2.24, 2.45) is 5.41 Å². The maximum Gasteiger partial charge on any atom is 0.328 e. The summed E-state index contributed by atoms with van der Waals surface area (Å²) < 4.78 is 12.0. The number of ketones is 1. The van der Waals surface area contributed by atoms with Crippen molar-refractivity contribution < 1.29 is 33.4 Å². The van der Waals surface area contributed by atoms with Crippen molar-refractivity contribution in [3.63, 3.8) is 0 Å². The molecule has 1 saturated heterocycles. The fourth-order valence-corrected chi connectivity index (χ4v) is 5.36. The summed E-state index contributed by atoms with van der Waals surface area (Å²) in [7, 11) is 0. The van der Waals surface area contributed by atoms with Crippen LogP contribution in [-0.2, 0) is 31.1 Å². The Balaban J connectivity index is 1.59. The molecule has 11 heteroatoms. The molecule has 5 amide bonds. The highest BCUT2D eigenvalue weighted by Gasteiger charge is 2.49. The van der Waals surface area contributed by atoms with Crippen LogP contribution in [-0.4, -0.2) is 64.1 Å². The van der Waals surface area contributed by atoms with Crippen molar-refractivity contribution in [2.45, 2.75) is 98.9 Å². The zero-order chi connectivity index (χ0) is 37.7. The van der Waals surface area contributed by atoms with E-state index in [1.807, 2.05) is 68.4 Å². The average molecular weight is 699 g/mol. The van der Waals surface area contributed by atoms with E-state index in [1.165, 1.54) is 11.0 Å². The Bertz CT molecular complexity index is 1740. The van der Waals surface area contributed by atoms with Crippen LogP contribution in [0.25, 0.3) is 0 Å². The summed E-state index contributed by atoms with van der Waals surface area (Å²) in [4.78, 5) is 70.2. The van der Waals surface area contributed by atoms with Gasteiger partial charge in [-0.25, -0.2) is 9.69 Å². The highest BCUT2D eigenvalue weighted by atomic mass is 16.5. The van der Waals surface area contributed by atoms with Crippen molar-refractivity contribution in [2.75, 3.05) is 17.2 Å². The maximum atomic E-state index is 14.1. The van der Waals surface area contributed by atoms with Gasteiger partial charge in [0.1, 0.15) is 18.0 Å². The van der Waals surface area contributed by atoms with Gasteiger partial charge in [0.25, 0.3) is 17.7 Å². The van der Waals surface area contributed by atoms with Crippen LogP contribution in [0.15, 0.2) is 72.8 Å². The fraction of sp³-hybridized carbons (Fsp3) is 0.425. The molecule has 1 aliphatic heterocycles. The molecule has 4 rings (SSSR count). The molecule has 3 unspecified atom stereocenters. The zero-order valence-corrected chi connectivity index (χ0v) is 31.0. The summed E-state index contributed by atoms with van der Waals surface area (Å²) in [5, 5.41) is 5.56. The standard InChI is InChI=1S/C40H50N4O7/c1-10-25(2)50-32-21-18-29(41-36(47)26(3)51-30-19-16-28(17-20-30)39(4,5)6)22-31(32)42-37(48)34(35(46)40(7,8)9)44-33(45)24-43(38(44)49)23-27-14-12-11-13-15-27/h11-22,25-26,34H,10,23-24H2,1-9H3,(H,41,47)(H,42,48). The third-order valence-electron chi connectivity index (χ3n) is 8.59. The molecule has 0 bridgehead atoms. The third-order valence-corrected chi connectivity index (χ3v) is 8.59. The molecule has 1 fully saturated rings. The number of Topliss-reactive ketones (excluding diaryl/α,β-unsaturated/α-hetero) is 1. The van der Waals surface area contributed by atoms with Gasteiger partial charge < -0.3 is 25.0 Å². The number of nitrogens with zero attached hydrogens (tertiary/aromatic N) is 2. The van der Waals surface area contributed by atoms with Crippen LogP contribution in [0.1, 0.15) is 79.9 Å². The molecule has 2 N–H and O–H groups in total. The van der Waals surface area contributed by atoms with E-state index in [-0.39, 0.29) is 36.0 Å². The number of nitrogens with one attached hydrogen (secondary N) is 2. The Morgan fingerprint density at radius 2 is 1.47 bits per heavy atom.